The van der Waals surface area contributed by atoms with Crippen molar-refractivity contribution in [1.82, 2.24) is 14.9 Å². The number of hydrogen-bond donors (Lipinski definition) is 1. The van der Waals surface area contributed by atoms with E-state index in [9.17, 15) is 4.79 Å². The van der Waals surface area contributed by atoms with Crippen LogP contribution in [-0.4, -0.2) is 39.9 Å². The van der Waals surface area contributed by atoms with Crippen LogP contribution in [-0.2, 0) is 0 Å². The van der Waals surface area contributed by atoms with Gasteiger partial charge in [-0.1, -0.05) is 13.8 Å². The van der Waals surface area contributed by atoms with Gasteiger partial charge in [-0.05, 0) is 32.1 Å². The van der Waals surface area contributed by atoms with E-state index in [-0.39, 0.29) is 11.8 Å². The average Bonchev–Trinajstić information content (AvgIpc) is 3.09. The predicted octanol–water partition coefficient (Wildman–Crippen LogP) is 2.66. The molecule has 1 N–H and O–H groups in total. The molecule has 1 aliphatic carbocycles. The fraction of sp³-hybridized carbons (Fsp3) is 0.688. The van der Waals surface area contributed by atoms with Gasteiger partial charge >= 0.3 is 0 Å². The van der Waals surface area contributed by atoms with Crippen LogP contribution in [0.4, 0.5) is 5.69 Å². The number of anilines is 1. The maximum absolute atomic E-state index is 12.9. The fourth-order valence-corrected chi connectivity index (χ4v) is 3.47. The first-order valence-electron chi connectivity index (χ1n) is 8.02. The number of likely N-dealkylation sites (tertiary alicyclic amines) is 1. The molecule has 1 saturated heterocycles. The van der Waals surface area contributed by atoms with E-state index >= 15 is 0 Å². The second-order valence-electron chi connectivity index (χ2n) is 6.47. The third-order valence-electron chi connectivity index (χ3n) is 4.56. The fourth-order valence-electron chi connectivity index (χ4n) is 3.47. The monoisotopic (exact) mass is 288 g/mol. The average molecular weight is 288 g/mol. The van der Waals surface area contributed by atoms with Gasteiger partial charge in [0.15, 0.2) is 5.69 Å². The number of carbonyl (C=O) groups excluding carboxylic acids is 1. The van der Waals surface area contributed by atoms with E-state index in [1.165, 1.54) is 12.8 Å². The minimum atomic E-state index is 0.0717. The highest BCUT2D eigenvalue weighted by molar-refractivity contribution is 5.98. The van der Waals surface area contributed by atoms with Gasteiger partial charge in [0.2, 0.25) is 0 Å². The van der Waals surface area contributed by atoms with E-state index in [4.69, 9.17) is 0 Å². The van der Waals surface area contributed by atoms with Crippen molar-refractivity contribution < 1.29 is 4.79 Å². The molecule has 0 spiro atoms. The SMILES string of the molecule is CCNc1cnc(C(C)C)nc1C(=O)N1CC2CCC1C2. The molecule has 3 rings (SSSR count). The second-order valence-corrected chi connectivity index (χ2v) is 6.47. The Morgan fingerprint density at radius 1 is 1.48 bits per heavy atom. The normalized spacial score (nSPS) is 23.9. The molecular weight excluding hydrogens is 264 g/mol. The molecule has 1 amide bonds. The zero-order valence-electron chi connectivity index (χ0n) is 13.1. The van der Waals surface area contributed by atoms with E-state index < -0.39 is 0 Å². The number of carbonyl (C=O) groups is 1. The van der Waals surface area contributed by atoms with Crippen LogP contribution in [0.2, 0.25) is 0 Å². The second kappa shape index (κ2) is 5.62. The number of piperidine rings is 1. The van der Waals surface area contributed by atoms with E-state index in [2.05, 4.69) is 15.3 Å². The van der Waals surface area contributed by atoms with Crippen LogP contribution in [0.3, 0.4) is 0 Å². The van der Waals surface area contributed by atoms with Crippen LogP contribution < -0.4 is 5.32 Å². The van der Waals surface area contributed by atoms with Crippen molar-refractivity contribution in [2.24, 2.45) is 5.92 Å². The molecule has 1 saturated carbocycles. The third-order valence-corrected chi connectivity index (χ3v) is 4.56. The van der Waals surface area contributed by atoms with E-state index in [0.717, 1.165) is 31.0 Å². The lowest BCUT2D eigenvalue weighted by molar-refractivity contribution is 0.0698. The summed E-state index contributed by atoms with van der Waals surface area (Å²) in [5.74, 6) is 1.74. The molecule has 1 aromatic heterocycles. The molecular formula is C16H24N4O. The standard InChI is InChI=1S/C16H24N4O/c1-4-17-13-8-18-15(10(2)3)19-14(13)16(21)20-9-11-5-6-12(20)7-11/h8,10-12,17H,4-7,9H2,1-3H3. The molecule has 2 unspecified atom stereocenters. The van der Waals surface area contributed by atoms with E-state index in [1.807, 2.05) is 25.7 Å². The highest BCUT2D eigenvalue weighted by Gasteiger charge is 2.41. The first-order chi connectivity index (χ1) is 10.1. The number of nitrogens with zero attached hydrogens (tertiary/aromatic N) is 3. The van der Waals surface area contributed by atoms with Gasteiger partial charge in [0.25, 0.3) is 5.91 Å². The molecule has 2 aliphatic rings. The maximum Gasteiger partial charge on any atom is 0.275 e. The number of amides is 1. The highest BCUT2D eigenvalue weighted by Crippen LogP contribution is 2.38. The van der Waals surface area contributed by atoms with Crippen LogP contribution in [0, 0.1) is 5.92 Å². The lowest BCUT2D eigenvalue weighted by atomic mass is 10.1. The summed E-state index contributed by atoms with van der Waals surface area (Å²) < 4.78 is 0. The Morgan fingerprint density at radius 3 is 2.86 bits per heavy atom. The molecule has 114 valence electrons. The molecule has 2 atom stereocenters. The smallest absolute Gasteiger partial charge is 0.275 e. The summed E-state index contributed by atoms with van der Waals surface area (Å²) in [5, 5.41) is 3.22. The van der Waals surface area contributed by atoms with Crippen molar-refractivity contribution in [2.75, 3.05) is 18.4 Å². The Morgan fingerprint density at radius 2 is 2.29 bits per heavy atom. The largest absolute Gasteiger partial charge is 0.382 e. The van der Waals surface area contributed by atoms with Gasteiger partial charge in [-0.3, -0.25) is 4.79 Å². The summed E-state index contributed by atoms with van der Waals surface area (Å²) in [6.07, 6.45) is 5.35. The van der Waals surface area contributed by atoms with Gasteiger partial charge in [-0.25, -0.2) is 9.97 Å². The van der Waals surface area contributed by atoms with Crippen LogP contribution in [0.25, 0.3) is 0 Å². The van der Waals surface area contributed by atoms with Crippen molar-refractivity contribution in [2.45, 2.75) is 52.0 Å². The summed E-state index contributed by atoms with van der Waals surface area (Å²) in [5.41, 5.74) is 1.30. The highest BCUT2D eigenvalue weighted by atomic mass is 16.2. The number of nitrogens with one attached hydrogen (secondary N) is 1. The van der Waals surface area contributed by atoms with Crippen molar-refractivity contribution >= 4 is 11.6 Å². The van der Waals surface area contributed by atoms with Gasteiger partial charge in [-0.2, -0.15) is 0 Å². The molecule has 1 aliphatic heterocycles. The molecule has 5 nitrogen and oxygen atoms in total. The first kappa shape index (κ1) is 14.3. The van der Waals surface area contributed by atoms with Gasteiger partial charge in [-0.15, -0.1) is 0 Å². The van der Waals surface area contributed by atoms with Crippen molar-refractivity contribution in [1.29, 1.82) is 0 Å². The zero-order valence-corrected chi connectivity index (χ0v) is 13.1. The summed E-state index contributed by atoms with van der Waals surface area (Å²) >= 11 is 0. The zero-order chi connectivity index (χ0) is 15.0. The van der Waals surface area contributed by atoms with Gasteiger partial charge in [0.05, 0.1) is 11.9 Å². The van der Waals surface area contributed by atoms with Crippen molar-refractivity contribution in [3.63, 3.8) is 0 Å². The van der Waals surface area contributed by atoms with E-state index in [0.29, 0.717) is 17.7 Å². The van der Waals surface area contributed by atoms with Crippen molar-refractivity contribution in [3.8, 4) is 0 Å². The summed E-state index contributed by atoms with van der Waals surface area (Å²) in [6, 6.07) is 0.425. The van der Waals surface area contributed by atoms with Gasteiger partial charge in [0, 0.05) is 25.0 Å². The van der Waals surface area contributed by atoms with E-state index in [1.54, 1.807) is 6.20 Å². The Hall–Kier alpha value is -1.65. The summed E-state index contributed by atoms with van der Waals surface area (Å²) in [6.45, 7) is 7.78. The van der Waals surface area contributed by atoms with Crippen LogP contribution in [0.15, 0.2) is 6.20 Å². The summed E-state index contributed by atoms with van der Waals surface area (Å²) in [7, 11) is 0. The summed E-state index contributed by atoms with van der Waals surface area (Å²) in [4.78, 5) is 23.9. The number of rotatable bonds is 4. The Bertz CT molecular complexity index is 543. The van der Waals surface area contributed by atoms with Gasteiger partial charge in [0.1, 0.15) is 5.82 Å². The molecule has 5 heteroatoms. The molecule has 1 aromatic rings. The maximum atomic E-state index is 12.9. The molecule has 2 heterocycles. The minimum Gasteiger partial charge on any atom is -0.382 e. The molecule has 0 radical (unpaired) electrons. The number of fused-ring (bicyclic) bond motifs is 2. The predicted molar refractivity (Wildman–Crippen MR) is 82.5 cm³/mol. The number of aromatic nitrogens is 2. The van der Waals surface area contributed by atoms with Gasteiger partial charge < -0.3 is 10.2 Å². The lowest BCUT2D eigenvalue weighted by Gasteiger charge is -2.27. The Kier molecular flexibility index (Phi) is 3.83. The van der Waals surface area contributed by atoms with Crippen LogP contribution in [0.1, 0.15) is 62.3 Å². The Balaban J connectivity index is 1.91. The van der Waals surface area contributed by atoms with Crippen LogP contribution >= 0.6 is 0 Å². The molecule has 0 aromatic carbocycles. The quantitative estimate of drug-likeness (QED) is 0.925. The number of hydrogen-bond acceptors (Lipinski definition) is 4. The van der Waals surface area contributed by atoms with Crippen LogP contribution in [0.5, 0.6) is 0 Å². The third kappa shape index (κ3) is 2.61. The molecule has 2 bridgehead atoms. The molecule has 2 fully saturated rings. The topological polar surface area (TPSA) is 58.1 Å². The lowest BCUT2D eigenvalue weighted by Crippen LogP contribution is -2.38. The Labute approximate surface area is 126 Å². The first-order valence-corrected chi connectivity index (χ1v) is 8.02. The van der Waals surface area contributed by atoms with Crippen molar-refractivity contribution in [3.05, 3.63) is 17.7 Å². The molecule has 21 heavy (non-hydrogen) atoms. The minimum absolute atomic E-state index is 0.0717.